The van der Waals surface area contributed by atoms with E-state index in [0.29, 0.717) is 6.61 Å². The second-order valence-electron chi connectivity index (χ2n) is 4.94. The van der Waals surface area contributed by atoms with Crippen LogP contribution in [0.25, 0.3) is 0 Å². The summed E-state index contributed by atoms with van der Waals surface area (Å²) in [6, 6.07) is 1.36. The molecule has 20 heavy (non-hydrogen) atoms. The Hall–Kier alpha value is -1.38. The van der Waals surface area contributed by atoms with E-state index in [4.69, 9.17) is 9.88 Å². The van der Waals surface area contributed by atoms with E-state index in [-0.39, 0.29) is 28.6 Å². The topological polar surface area (TPSA) is 103 Å². The highest BCUT2D eigenvalue weighted by Gasteiger charge is 2.31. The van der Waals surface area contributed by atoms with Crippen molar-refractivity contribution < 1.29 is 17.9 Å². The van der Waals surface area contributed by atoms with Crippen LogP contribution in [0.4, 0.5) is 0 Å². The number of ether oxygens (including phenoxy) is 1. The van der Waals surface area contributed by atoms with Crippen LogP contribution in [0.15, 0.2) is 17.2 Å². The second-order valence-corrected chi connectivity index (χ2v) is 6.50. The molecule has 1 heterocycles. The molecule has 0 bridgehead atoms. The Morgan fingerprint density at radius 2 is 2.20 bits per heavy atom. The maximum atomic E-state index is 12.1. The van der Waals surface area contributed by atoms with Crippen molar-refractivity contribution in [2.24, 2.45) is 12.2 Å². The van der Waals surface area contributed by atoms with Gasteiger partial charge in [-0.15, -0.1) is 0 Å². The number of hydrogen-bond donors (Lipinski definition) is 2. The quantitative estimate of drug-likeness (QED) is 0.797. The van der Waals surface area contributed by atoms with Crippen molar-refractivity contribution in [1.29, 1.82) is 0 Å². The smallest absolute Gasteiger partial charge is 0.268 e. The third-order valence-electron chi connectivity index (χ3n) is 3.37. The number of hydrogen-bond acceptors (Lipinski definition) is 4. The molecule has 7 nitrogen and oxygen atoms in total. The number of rotatable bonds is 5. The van der Waals surface area contributed by atoms with E-state index in [1.165, 1.54) is 16.8 Å². The van der Waals surface area contributed by atoms with Crippen molar-refractivity contribution in [2.75, 3.05) is 6.61 Å². The lowest BCUT2D eigenvalue weighted by atomic mass is 9.89. The number of carbonyl (C=O) groups is 1. The normalized spacial score (nSPS) is 22.4. The number of carbonyl (C=O) groups excluding carboxylic acids is 1. The van der Waals surface area contributed by atoms with Gasteiger partial charge in [-0.3, -0.25) is 4.79 Å². The number of sulfonamides is 1. The van der Waals surface area contributed by atoms with Gasteiger partial charge in [-0.25, -0.2) is 13.6 Å². The molecule has 0 aromatic carbocycles. The first-order chi connectivity index (χ1) is 9.31. The molecule has 8 heteroatoms. The maximum Gasteiger partial charge on any atom is 0.268 e. The number of nitrogens with zero attached hydrogens (tertiary/aromatic N) is 1. The molecule has 1 saturated carbocycles. The van der Waals surface area contributed by atoms with Crippen LogP contribution in [0.2, 0.25) is 0 Å². The summed E-state index contributed by atoms with van der Waals surface area (Å²) in [4.78, 5) is 12.0. The van der Waals surface area contributed by atoms with Crippen LogP contribution in [-0.4, -0.2) is 37.6 Å². The van der Waals surface area contributed by atoms with E-state index in [9.17, 15) is 13.2 Å². The molecular formula is C12H19N3O4S. The van der Waals surface area contributed by atoms with Crippen molar-refractivity contribution in [3.05, 3.63) is 18.0 Å². The molecule has 0 unspecified atom stereocenters. The van der Waals surface area contributed by atoms with Gasteiger partial charge in [0, 0.05) is 25.9 Å². The Morgan fingerprint density at radius 3 is 2.70 bits per heavy atom. The first-order valence-electron chi connectivity index (χ1n) is 6.43. The van der Waals surface area contributed by atoms with Crippen LogP contribution in [0.3, 0.4) is 0 Å². The standard InChI is InChI=1S/C12H19N3O4S/c1-3-19-9-4-8(5-9)14-12(16)11-6-10(7-15(11)2)20(13,17)18/h6-9H,3-5H2,1-2H3,(H,14,16)(H2,13,17,18). The van der Waals surface area contributed by atoms with Crippen molar-refractivity contribution in [2.45, 2.75) is 36.8 Å². The van der Waals surface area contributed by atoms with Gasteiger partial charge in [0.2, 0.25) is 10.0 Å². The number of nitrogens with one attached hydrogen (secondary N) is 1. The summed E-state index contributed by atoms with van der Waals surface area (Å²) in [5.41, 5.74) is 0.272. The van der Waals surface area contributed by atoms with Gasteiger partial charge >= 0.3 is 0 Å². The molecule has 3 N–H and O–H groups in total. The Labute approximate surface area is 118 Å². The Kier molecular flexibility index (Phi) is 4.17. The number of aryl methyl sites for hydroxylation is 1. The van der Waals surface area contributed by atoms with Gasteiger partial charge in [-0.2, -0.15) is 0 Å². The molecule has 0 saturated heterocycles. The highest BCUT2D eigenvalue weighted by molar-refractivity contribution is 7.89. The third kappa shape index (κ3) is 3.20. The van der Waals surface area contributed by atoms with E-state index >= 15 is 0 Å². The van der Waals surface area contributed by atoms with Crippen molar-refractivity contribution in [1.82, 2.24) is 9.88 Å². The zero-order chi connectivity index (χ0) is 14.9. The molecule has 112 valence electrons. The monoisotopic (exact) mass is 301 g/mol. The minimum absolute atomic E-state index is 0.0639. The van der Waals surface area contributed by atoms with Crippen LogP contribution in [0.5, 0.6) is 0 Å². The zero-order valence-corrected chi connectivity index (χ0v) is 12.3. The Morgan fingerprint density at radius 1 is 1.55 bits per heavy atom. The second kappa shape index (κ2) is 5.55. The van der Waals surface area contributed by atoms with Gasteiger partial charge in [-0.05, 0) is 25.8 Å². The minimum Gasteiger partial charge on any atom is -0.378 e. The summed E-state index contributed by atoms with van der Waals surface area (Å²) < 4.78 is 29.4. The molecular weight excluding hydrogens is 282 g/mol. The molecule has 2 rings (SSSR count). The fraction of sp³-hybridized carbons (Fsp3) is 0.583. The molecule has 0 atom stereocenters. The van der Waals surface area contributed by atoms with Crippen LogP contribution in [0, 0.1) is 0 Å². The van der Waals surface area contributed by atoms with Gasteiger partial charge in [0.05, 0.1) is 6.10 Å². The van der Waals surface area contributed by atoms with Crippen LogP contribution >= 0.6 is 0 Å². The van der Waals surface area contributed by atoms with E-state index in [1.807, 2.05) is 6.92 Å². The van der Waals surface area contributed by atoms with Gasteiger partial charge in [0.15, 0.2) is 0 Å². The number of nitrogens with two attached hydrogens (primary N) is 1. The summed E-state index contributed by atoms with van der Waals surface area (Å²) in [6.45, 7) is 2.60. The third-order valence-corrected chi connectivity index (χ3v) is 4.25. The Bertz CT molecular complexity index is 602. The van der Waals surface area contributed by atoms with E-state index in [2.05, 4.69) is 5.32 Å². The van der Waals surface area contributed by atoms with E-state index < -0.39 is 10.0 Å². The largest absolute Gasteiger partial charge is 0.378 e. The first-order valence-corrected chi connectivity index (χ1v) is 7.97. The molecule has 1 aromatic heterocycles. The van der Waals surface area contributed by atoms with Crippen molar-refractivity contribution >= 4 is 15.9 Å². The van der Waals surface area contributed by atoms with Gasteiger partial charge < -0.3 is 14.6 Å². The number of aromatic nitrogens is 1. The predicted molar refractivity (Wildman–Crippen MR) is 72.7 cm³/mol. The highest BCUT2D eigenvalue weighted by Crippen LogP contribution is 2.23. The van der Waals surface area contributed by atoms with Crippen molar-refractivity contribution in [3.63, 3.8) is 0 Å². The number of amides is 1. The average Bonchev–Trinajstić information content (AvgIpc) is 2.68. The molecule has 0 spiro atoms. The maximum absolute atomic E-state index is 12.1. The van der Waals surface area contributed by atoms with Crippen LogP contribution < -0.4 is 10.5 Å². The molecule has 1 aromatic rings. The summed E-state index contributed by atoms with van der Waals surface area (Å²) in [6.07, 6.45) is 3.10. The SMILES string of the molecule is CCOC1CC(NC(=O)c2cc(S(N)(=O)=O)cn2C)C1. The van der Waals surface area contributed by atoms with Gasteiger partial charge in [0.25, 0.3) is 5.91 Å². The van der Waals surface area contributed by atoms with E-state index in [0.717, 1.165) is 12.8 Å². The fourth-order valence-corrected chi connectivity index (χ4v) is 2.81. The summed E-state index contributed by atoms with van der Waals surface area (Å²) in [7, 11) is -2.19. The van der Waals surface area contributed by atoms with Gasteiger partial charge in [-0.1, -0.05) is 0 Å². The summed E-state index contributed by atoms with van der Waals surface area (Å²) in [5, 5.41) is 7.89. The van der Waals surface area contributed by atoms with Crippen LogP contribution in [-0.2, 0) is 21.8 Å². The van der Waals surface area contributed by atoms with Crippen LogP contribution in [0.1, 0.15) is 30.3 Å². The highest BCUT2D eigenvalue weighted by atomic mass is 32.2. The summed E-state index contributed by atoms with van der Waals surface area (Å²) >= 11 is 0. The lowest BCUT2D eigenvalue weighted by molar-refractivity contribution is -0.00869. The first kappa shape index (κ1) is 15.0. The fourth-order valence-electron chi connectivity index (χ4n) is 2.23. The van der Waals surface area contributed by atoms with Crippen molar-refractivity contribution in [3.8, 4) is 0 Å². The lowest BCUT2D eigenvalue weighted by Gasteiger charge is -2.35. The molecule has 0 aliphatic heterocycles. The van der Waals surface area contributed by atoms with Gasteiger partial charge in [0.1, 0.15) is 10.6 Å². The predicted octanol–water partition coefficient (Wildman–Crippen LogP) is -0.0302. The Balaban J connectivity index is 1.99. The minimum atomic E-state index is -3.80. The molecule has 1 fully saturated rings. The molecule has 1 aliphatic carbocycles. The molecule has 1 aliphatic rings. The zero-order valence-electron chi connectivity index (χ0n) is 11.5. The number of primary sulfonamides is 1. The van der Waals surface area contributed by atoms with E-state index in [1.54, 1.807) is 7.05 Å². The molecule has 1 amide bonds. The summed E-state index contributed by atoms with van der Waals surface area (Å²) in [5.74, 6) is -0.303. The molecule has 0 radical (unpaired) electrons. The lowest BCUT2D eigenvalue weighted by Crippen LogP contribution is -2.48. The average molecular weight is 301 g/mol.